The van der Waals surface area contributed by atoms with Gasteiger partial charge in [0, 0.05) is 39.3 Å². The lowest BCUT2D eigenvalue weighted by Crippen LogP contribution is -2.53. The van der Waals surface area contributed by atoms with Crippen molar-refractivity contribution >= 4 is 22.7 Å². The van der Waals surface area contributed by atoms with Crippen LogP contribution >= 0.6 is 0 Å². The Kier molecular flexibility index (Phi) is 14.0. The maximum atomic E-state index is 14.4. The number of aliphatic hydroxyl groups excluding tert-OH is 1. The number of amides is 3. The molecule has 0 heterocycles. The zero-order chi connectivity index (χ0) is 32.6. The molecule has 9 nitrogen and oxygen atoms in total. The molecule has 4 aromatic rings. The summed E-state index contributed by atoms with van der Waals surface area (Å²) in [5.74, 6) is -0.186. The Bertz CT molecular complexity index is 1480. The van der Waals surface area contributed by atoms with E-state index in [0.717, 1.165) is 27.5 Å². The molecular formula is C37H46N4O5. The number of carbonyl (C=O) groups excluding carboxylic acids is 2. The van der Waals surface area contributed by atoms with Crippen LogP contribution in [0, 0.1) is 0 Å². The molecule has 0 bridgehead atoms. The second kappa shape index (κ2) is 18.6. The van der Waals surface area contributed by atoms with Crippen molar-refractivity contribution in [3.8, 4) is 0 Å². The van der Waals surface area contributed by atoms with Crippen molar-refractivity contribution in [1.82, 2.24) is 20.9 Å². The van der Waals surface area contributed by atoms with Crippen LogP contribution in [0.3, 0.4) is 0 Å². The Hall–Kier alpha value is -4.28. The number of nitrogens with one attached hydrogen (secondary N) is 3. The smallest absolute Gasteiger partial charge is 0.315 e. The molecule has 0 fully saturated rings. The van der Waals surface area contributed by atoms with Gasteiger partial charge in [-0.2, -0.15) is 0 Å². The maximum absolute atomic E-state index is 14.4. The number of aliphatic hydroxyl groups is 1. The molecule has 2 atom stereocenters. The third-order valence-electron chi connectivity index (χ3n) is 7.60. The minimum Gasteiger partial charge on any atom is -0.379 e. The molecule has 0 spiro atoms. The molecular weight excluding hydrogens is 580 g/mol. The number of rotatable bonds is 18. The van der Waals surface area contributed by atoms with E-state index < -0.39 is 18.6 Å². The van der Waals surface area contributed by atoms with Crippen LogP contribution in [0.1, 0.15) is 37.0 Å². The Morgan fingerprint density at radius 2 is 1.41 bits per heavy atom. The second-order valence-electron chi connectivity index (χ2n) is 11.0. The molecule has 9 heteroatoms. The number of benzene rings is 4. The third kappa shape index (κ3) is 11.0. The highest BCUT2D eigenvalue weighted by Crippen LogP contribution is 2.21. The summed E-state index contributed by atoms with van der Waals surface area (Å²) < 4.78 is 11.7. The first kappa shape index (κ1) is 34.6. The lowest BCUT2D eigenvalue weighted by molar-refractivity contribution is -0.161. The second-order valence-corrected chi connectivity index (χ2v) is 11.0. The number of urea groups is 1. The fourth-order valence-electron chi connectivity index (χ4n) is 5.34. The highest BCUT2D eigenvalue weighted by atomic mass is 16.7. The summed E-state index contributed by atoms with van der Waals surface area (Å²) in [5.41, 5.74) is 2.95. The van der Waals surface area contributed by atoms with Gasteiger partial charge in [-0.25, -0.2) is 4.79 Å². The van der Waals surface area contributed by atoms with Gasteiger partial charge in [0.05, 0.1) is 12.6 Å². The van der Waals surface area contributed by atoms with Crippen LogP contribution in [0.15, 0.2) is 103 Å². The van der Waals surface area contributed by atoms with Gasteiger partial charge in [-0.1, -0.05) is 103 Å². The van der Waals surface area contributed by atoms with E-state index in [1.807, 2.05) is 98.8 Å². The lowest BCUT2D eigenvalue weighted by atomic mass is 10.0. The zero-order valence-electron chi connectivity index (χ0n) is 26.7. The van der Waals surface area contributed by atoms with Gasteiger partial charge in [0.25, 0.3) is 0 Å². The van der Waals surface area contributed by atoms with Crippen molar-refractivity contribution < 1.29 is 24.2 Å². The van der Waals surface area contributed by atoms with E-state index in [1.54, 1.807) is 4.90 Å². The number of fused-ring (bicyclic) bond motifs is 1. The van der Waals surface area contributed by atoms with Gasteiger partial charge in [0.1, 0.15) is 6.23 Å². The topological polar surface area (TPSA) is 112 Å². The standard InChI is InChI=1S/C37H46N4O5/c1-3-45-35(46-4-2)27-41(26-31-20-13-19-30-18-11-12-21-32(30)31)36(43)33(24-28-14-7-5-8-15-28)40-34(42)22-23-38-37(44)39-25-29-16-9-6-10-17-29/h5-21,33-35,40,42H,3-4,22-27H2,1-2H3,(H2,38,39,44)/t33-,34?/m0/s1. The van der Waals surface area contributed by atoms with Gasteiger partial charge >= 0.3 is 6.03 Å². The number of hydrogen-bond donors (Lipinski definition) is 4. The van der Waals surface area contributed by atoms with Gasteiger partial charge in [-0.3, -0.25) is 10.1 Å². The van der Waals surface area contributed by atoms with Crippen molar-refractivity contribution in [2.24, 2.45) is 0 Å². The minimum atomic E-state index is -1.04. The summed E-state index contributed by atoms with van der Waals surface area (Å²) in [5, 5.41) is 21.9. The van der Waals surface area contributed by atoms with Crippen LogP contribution in [0.4, 0.5) is 4.79 Å². The van der Waals surface area contributed by atoms with Crippen LogP contribution in [-0.4, -0.2) is 66.8 Å². The SMILES string of the molecule is CCOC(CN(Cc1cccc2ccccc12)C(=O)[C@H](Cc1ccccc1)NC(O)CCNC(=O)NCc1ccccc1)OCC. The van der Waals surface area contributed by atoms with Crippen molar-refractivity contribution in [2.75, 3.05) is 26.3 Å². The molecule has 0 saturated carbocycles. The fraction of sp³-hybridized carbons (Fsp3) is 0.351. The molecule has 4 N–H and O–H groups in total. The lowest BCUT2D eigenvalue weighted by Gasteiger charge is -2.32. The molecule has 4 rings (SSSR count). The monoisotopic (exact) mass is 626 g/mol. The number of nitrogens with zero attached hydrogens (tertiary/aromatic N) is 1. The molecule has 244 valence electrons. The summed E-state index contributed by atoms with van der Waals surface area (Å²) in [6.45, 7) is 5.85. The van der Waals surface area contributed by atoms with Crippen molar-refractivity contribution in [1.29, 1.82) is 0 Å². The molecule has 0 aliphatic heterocycles. The largest absolute Gasteiger partial charge is 0.379 e. The molecule has 3 amide bonds. The van der Waals surface area contributed by atoms with Gasteiger partial charge in [-0.15, -0.1) is 0 Å². The third-order valence-corrected chi connectivity index (χ3v) is 7.60. The molecule has 0 aliphatic carbocycles. The van der Waals surface area contributed by atoms with E-state index in [1.165, 1.54) is 0 Å². The van der Waals surface area contributed by atoms with Crippen molar-refractivity contribution in [2.45, 2.75) is 58.3 Å². The molecule has 0 aliphatic rings. The van der Waals surface area contributed by atoms with Crippen LogP contribution in [0.2, 0.25) is 0 Å². The zero-order valence-corrected chi connectivity index (χ0v) is 26.7. The van der Waals surface area contributed by atoms with Gasteiger partial charge < -0.3 is 30.1 Å². The first-order valence-electron chi connectivity index (χ1n) is 16.0. The fourth-order valence-corrected chi connectivity index (χ4v) is 5.34. The van der Waals surface area contributed by atoms with Crippen LogP contribution in [0.25, 0.3) is 10.8 Å². The van der Waals surface area contributed by atoms with Crippen LogP contribution in [0.5, 0.6) is 0 Å². The van der Waals surface area contributed by atoms with Crippen molar-refractivity contribution in [3.63, 3.8) is 0 Å². The number of carbonyl (C=O) groups is 2. The summed E-state index contributed by atoms with van der Waals surface area (Å²) in [4.78, 5) is 28.5. The minimum absolute atomic E-state index is 0.186. The first-order valence-corrected chi connectivity index (χ1v) is 16.0. The number of ether oxygens (including phenoxy) is 2. The Morgan fingerprint density at radius 1 is 0.783 bits per heavy atom. The predicted molar refractivity (Wildman–Crippen MR) is 181 cm³/mol. The van der Waals surface area contributed by atoms with E-state index >= 15 is 0 Å². The summed E-state index contributed by atoms with van der Waals surface area (Å²) in [6, 6.07) is 32.5. The number of hydrogen-bond acceptors (Lipinski definition) is 6. The average molecular weight is 627 g/mol. The van der Waals surface area contributed by atoms with Crippen LogP contribution in [-0.2, 0) is 33.8 Å². The van der Waals surface area contributed by atoms with E-state index in [4.69, 9.17) is 9.47 Å². The molecule has 0 radical (unpaired) electrons. The Labute approximate surface area is 271 Å². The van der Waals surface area contributed by atoms with E-state index in [0.29, 0.717) is 32.7 Å². The van der Waals surface area contributed by atoms with Crippen molar-refractivity contribution in [3.05, 3.63) is 120 Å². The molecule has 46 heavy (non-hydrogen) atoms. The highest BCUT2D eigenvalue weighted by molar-refractivity contribution is 5.87. The summed E-state index contributed by atoms with van der Waals surface area (Å²) in [7, 11) is 0. The van der Waals surface area contributed by atoms with Gasteiger partial charge in [-0.05, 0) is 47.7 Å². The van der Waals surface area contributed by atoms with E-state index in [-0.39, 0.29) is 31.4 Å². The molecule has 0 saturated heterocycles. The Morgan fingerprint density at radius 3 is 2.11 bits per heavy atom. The quantitative estimate of drug-likeness (QED) is 0.116. The Balaban J connectivity index is 1.48. The van der Waals surface area contributed by atoms with Gasteiger partial charge in [0.15, 0.2) is 6.29 Å². The first-order chi connectivity index (χ1) is 22.5. The normalized spacial score (nSPS) is 12.5. The summed E-state index contributed by atoms with van der Waals surface area (Å²) >= 11 is 0. The predicted octanol–water partition coefficient (Wildman–Crippen LogP) is 4.98. The van der Waals surface area contributed by atoms with E-state index in [2.05, 4.69) is 34.1 Å². The molecule has 0 aromatic heterocycles. The van der Waals surface area contributed by atoms with Crippen LogP contribution < -0.4 is 16.0 Å². The average Bonchev–Trinajstić information content (AvgIpc) is 3.07. The highest BCUT2D eigenvalue weighted by Gasteiger charge is 2.29. The maximum Gasteiger partial charge on any atom is 0.315 e. The molecule has 1 unspecified atom stereocenters. The molecule has 4 aromatic carbocycles. The van der Waals surface area contributed by atoms with Gasteiger partial charge in [0.2, 0.25) is 5.91 Å². The summed E-state index contributed by atoms with van der Waals surface area (Å²) in [6.07, 6.45) is -1.07. The van der Waals surface area contributed by atoms with E-state index in [9.17, 15) is 14.7 Å².